The van der Waals surface area contributed by atoms with Gasteiger partial charge in [-0.2, -0.15) is 0 Å². The maximum atomic E-state index is 6.01. The van der Waals surface area contributed by atoms with E-state index in [-0.39, 0.29) is 0 Å². The third-order valence-corrected chi connectivity index (χ3v) is 4.66. The molecular formula is C18H24N2. The summed E-state index contributed by atoms with van der Waals surface area (Å²) in [4.78, 5) is 2.51. The average molecular weight is 268 g/mol. The summed E-state index contributed by atoms with van der Waals surface area (Å²) in [6, 6.07) is 16.4. The van der Waals surface area contributed by atoms with Gasteiger partial charge in [0.05, 0.1) is 0 Å². The van der Waals surface area contributed by atoms with Crippen LogP contribution in [0.1, 0.15) is 31.2 Å². The van der Waals surface area contributed by atoms with Crippen molar-refractivity contribution >= 4 is 10.8 Å². The van der Waals surface area contributed by atoms with Crippen LogP contribution < -0.4 is 5.73 Å². The van der Waals surface area contributed by atoms with Crippen molar-refractivity contribution in [2.75, 3.05) is 7.05 Å². The topological polar surface area (TPSA) is 29.3 Å². The van der Waals surface area contributed by atoms with Gasteiger partial charge in [0, 0.05) is 18.6 Å². The summed E-state index contributed by atoms with van der Waals surface area (Å²) in [5.74, 6) is 0. The van der Waals surface area contributed by atoms with Crippen LogP contribution in [-0.4, -0.2) is 24.0 Å². The van der Waals surface area contributed by atoms with E-state index >= 15 is 0 Å². The van der Waals surface area contributed by atoms with E-state index in [2.05, 4.69) is 54.4 Å². The molecule has 0 radical (unpaired) electrons. The van der Waals surface area contributed by atoms with Crippen LogP contribution >= 0.6 is 0 Å². The molecule has 2 nitrogen and oxygen atoms in total. The van der Waals surface area contributed by atoms with Crippen LogP contribution in [0.2, 0.25) is 0 Å². The lowest BCUT2D eigenvalue weighted by Crippen LogP contribution is -2.38. The first-order valence-electron chi connectivity index (χ1n) is 7.66. The first-order chi connectivity index (χ1) is 9.74. The molecule has 0 bridgehead atoms. The van der Waals surface area contributed by atoms with Crippen molar-refractivity contribution in [3.63, 3.8) is 0 Å². The summed E-state index contributed by atoms with van der Waals surface area (Å²) < 4.78 is 0. The van der Waals surface area contributed by atoms with E-state index in [4.69, 9.17) is 5.73 Å². The highest BCUT2D eigenvalue weighted by Gasteiger charge is 2.22. The molecule has 2 aromatic carbocycles. The Balaban J connectivity index is 1.76. The molecule has 1 aliphatic rings. The van der Waals surface area contributed by atoms with Gasteiger partial charge in [0.2, 0.25) is 0 Å². The molecule has 0 aliphatic heterocycles. The van der Waals surface area contributed by atoms with Gasteiger partial charge >= 0.3 is 0 Å². The van der Waals surface area contributed by atoms with E-state index in [1.807, 2.05) is 0 Å². The second kappa shape index (κ2) is 5.94. The minimum atomic E-state index is 0.428. The van der Waals surface area contributed by atoms with Crippen LogP contribution in [0, 0.1) is 0 Å². The molecule has 2 N–H and O–H groups in total. The molecule has 3 rings (SSSR count). The summed E-state index contributed by atoms with van der Waals surface area (Å²) >= 11 is 0. The van der Waals surface area contributed by atoms with Crippen LogP contribution in [-0.2, 0) is 6.54 Å². The Labute approximate surface area is 121 Å². The van der Waals surface area contributed by atoms with Gasteiger partial charge in [-0.25, -0.2) is 0 Å². The Hall–Kier alpha value is -1.38. The molecule has 0 spiro atoms. The zero-order chi connectivity index (χ0) is 13.9. The molecule has 0 amide bonds. The zero-order valence-electron chi connectivity index (χ0n) is 12.3. The Kier molecular flexibility index (Phi) is 4.04. The normalized spacial score (nSPS) is 23.4. The molecule has 0 heterocycles. The van der Waals surface area contributed by atoms with Crippen molar-refractivity contribution in [1.29, 1.82) is 0 Å². The molecular weight excluding hydrogens is 244 g/mol. The molecule has 2 heteroatoms. The van der Waals surface area contributed by atoms with E-state index in [1.54, 1.807) is 0 Å². The van der Waals surface area contributed by atoms with Crippen molar-refractivity contribution in [3.8, 4) is 0 Å². The number of nitrogens with two attached hydrogens (primary N) is 1. The van der Waals surface area contributed by atoms with Gasteiger partial charge in [-0.15, -0.1) is 0 Å². The summed E-state index contributed by atoms with van der Waals surface area (Å²) in [5.41, 5.74) is 7.44. The molecule has 0 unspecified atom stereocenters. The summed E-state index contributed by atoms with van der Waals surface area (Å²) in [7, 11) is 2.25. The van der Waals surface area contributed by atoms with Gasteiger partial charge in [-0.1, -0.05) is 42.5 Å². The SMILES string of the molecule is CN(Cc1cccc2ccccc12)C1CCC(N)CC1. The smallest absolute Gasteiger partial charge is 0.0239 e. The van der Waals surface area contributed by atoms with Crippen molar-refractivity contribution in [1.82, 2.24) is 4.90 Å². The lowest BCUT2D eigenvalue weighted by Gasteiger charge is -2.33. The molecule has 1 saturated carbocycles. The number of hydrogen-bond donors (Lipinski definition) is 1. The number of hydrogen-bond acceptors (Lipinski definition) is 2. The van der Waals surface area contributed by atoms with E-state index in [0.29, 0.717) is 12.1 Å². The summed E-state index contributed by atoms with van der Waals surface area (Å²) in [6.45, 7) is 1.03. The van der Waals surface area contributed by atoms with Gasteiger partial charge in [-0.05, 0) is 49.1 Å². The Morgan fingerprint density at radius 2 is 1.70 bits per heavy atom. The van der Waals surface area contributed by atoms with E-state index in [9.17, 15) is 0 Å². The maximum absolute atomic E-state index is 6.01. The highest BCUT2D eigenvalue weighted by molar-refractivity contribution is 5.85. The first kappa shape index (κ1) is 13.6. The quantitative estimate of drug-likeness (QED) is 0.922. The van der Waals surface area contributed by atoms with Gasteiger partial charge in [-0.3, -0.25) is 4.90 Å². The lowest BCUT2D eigenvalue weighted by molar-refractivity contribution is 0.177. The summed E-state index contributed by atoms with van der Waals surface area (Å²) in [6.07, 6.45) is 4.82. The molecule has 1 fully saturated rings. The number of rotatable bonds is 3. The maximum Gasteiger partial charge on any atom is 0.0239 e. The predicted octanol–water partition coefficient (Wildman–Crippen LogP) is 3.54. The molecule has 20 heavy (non-hydrogen) atoms. The zero-order valence-corrected chi connectivity index (χ0v) is 12.3. The van der Waals surface area contributed by atoms with E-state index in [1.165, 1.54) is 42.0 Å². The van der Waals surface area contributed by atoms with Gasteiger partial charge in [0.15, 0.2) is 0 Å². The van der Waals surface area contributed by atoms with Gasteiger partial charge in [0.1, 0.15) is 0 Å². The second-order valence-electron chi connectivity index (χ2n) is 6.12. The highest BCUT2D eigenvalue weighted by Crippen LogP contribution is 2.25. The van der Waals surface area contributed by atoms with Crippen LogP contribution in [0.15, 0.2) is 42.5 Å². The molecule has 106 valence electrons. The molecule has 0 saturated heterocycles. The van der Waals surface area contributed by atoms with E-state index in [0.717, 1.165) is 6.54 Å². The number of benzene rings is 2. The van der Waals surface area contributed by atoms with Crippen molar-refractivity contribution in [2.24, 2.45) is 5.73 Å². The third-order valence-electron chi connectivity index (χ3n) is 4.66. The van der Waals surface area contributed by atoms with Crippen LogP contribution in [0.25, 0.3) is 10.8 Å². The Bertz CT molecular complexity index is 565. The highest BCUT2D eigenvalue weighted by atomic mass is 15.1. The fraction of sp³-hybridized carbons (Fsp3) is 0.444. The largest absolute Gasteiger partial charge is 0.328 e. The third kappa shape index (κ3) is 2.87. The van der Waals surface area contributed by atoms with Crippen molar-refractivity contribution in [3.05, 3.63) is 48.0 Å². The minimum Gasteiger partial charge on any atom is -0.328 e. The number of nitrogens with zero attached hydrogens (tertiary/aromatic N) is 1. The van der Waals surface area contributed by atoms with Crippen molar-refractivity contribution in [2.45, 2.75) is 44.3 Å². The van der Waals surface area contributed by atoms with Crippen molar-refractivity contribution < 1.29 is 0 Å². The standard InChI is InChI=1S/C18H24N2/c1-20(17-11-9-16(19)10-12-17)13-15-7-4-6-14-5-2-3-8-18(14)15/h2-8,16-17H,9-13,19H2,1H3. The van der Waals surface area contributed by atoms with E-state index < -0.39 is 0 Å². The van der Waals surface area contributed by atoms with Crippen LogP contribution in [0.4, 0.5) is 0 Å². The molecule has 1 aliphatic carbocycles. The summed E-state index contributed by atoms with van der Waals surface area (Å²) in [5, 5.41) is 2.72. The Morgan fingerprint density at radius 3 is 2.50 bits per heavy atom. The first-order valence-corrected chi connectivity index (χ1v) is 7.66. The molecule has 0 atom stereocenters. The second-order valence-corrected chi connectivity index (χ2v) is 6.12. The Morgan fingerprint density at radius 1 is 1.00 bits per heavy atom. The monoisotopic (exact) mass is 268 g/mol. The minimum absolute atomic E-state index is 0.428. The van der Waals surface area contributed by atoms with Crippen LogP contribution in [0.3, 0.4) is 0 Å². The molecule has 0 aromatic heterocycles. The lowest BCUT2D eigenvalue weighted by atomic mass is 9.90. The van der Waals surface area contributed by atoms with Gasteiger partial charge in [0.25, 0.3) is 0 Å². The average Bonchev–Trinajstić information content (AvgIpc) is 2.48. The predicted molar refractivity (Wildman–Crippen MR) is 85.6 cm³/mol. The fourth-order valence-electron chi connectivity index (χ4n) is 3.37. The fourth-order valence-corrected chi connectivity index (χ4v) is 3.37. The molecule has 2 aromatic rings. The number of fused-ring (bicyclic) bond motifs is 1. The van der Waals surface area contributed by atoms with Crippen LogP contribution in [0.5, 0.6) is 0 Å². The van der Waals surface area contributed by atoms with Gasteiger partial charge < -0.3 is 5.73 Å².